The van der Waals surface area contributed by atoms with Gasteiger partial charge in [0, 0.05) is 12.5 Å². The Morgan fingerprint density at radius 3 is 2.16 bits per heavy atom. The van der Waals surface area contributed by atoms with Crippen LogP contribution < -0.4 is 10.8 Å². The van der Waals surface area contributed by atoms with Gasteiger partial charge in [-0.2, -0.15) is 0 Å². The molecule has 3 rings (SSSR count). The van der Waals surface area contributed by atoms with Crippen molar-refractivity contribution in [2.45, 2.75) is 57.6 Å². The Labute approximate surface area is 189 Å². The zero-order chi connectivity index (χ0) is 23.1. The maximum atomic E-state index is 12.4. The molecule has 1 amide bonds. The highest BCUT2D eigenvalue weighted by Crippen LogP contribution is 2.44. The number of unbranched alkanes of at least 4 members (excludes halogenated alkanes) is 1. The predicted octanol–water partition coefficient (Wildman–Crippen LogP) is 4.47. The number of carbonyl (C=O) groups excluding carboxylic acids is 1. The largest absolute Gasteiger partial charge is 0.480 e. The van der Waals surface area contributed by atoms with Gasteiger partial charge in [0.1, 0.15) is 12.6 Å². The van der Waals surface area contributed by atoms with E-state index in [1.165, 1.54) is 0 Å². The van der Waals surface area contributed by atoms with E-state index in [9.17, 15) is 14.7 Å². The summed E-state index contributed by atoms with van der Waals surface area (Å²) in [5, 5.41) is 12.0. The Balaban J connectivity index is 1.48. The van der Waals surface area contributed by atoms with Crippen molar-refractivity contribution >= 4 is 12.1 Å². The molecule has 0 aromatic heterocycles. The third-order valence-corrected chi connectivity index (χ3v) is 5.33. The SMILES string of the molecule is CC(C)(C)ONCCCC[C@H](NC(=O)OCC1c2ccccc2-c2ccccc21)C(=O)O. The summed E-state index contributed by atoms with van der Waals surface area (Å²) in [6.45, 7) is 6.59. The highest BCUT2D eigenvalue weighted by molar-refractivity contribution is 5.81. The third kappa shape index (κ3) is 6.31. The molecule has 1 atom stereocenters. The quantitative estimate of drug-likeness (QED) is 0.373. The highest BCUT2D eigenvalue weighted by atomic mass is 16.7. The average Bonchev–Trinajstić information content (AvgIpc) is 3.07. The Morgan fingerprint density at radius 2 is 1.59 bits per heavy atom. The molecule has 2 aromatic rings. The molecular formula is C25H32N2O5. The Kier molecular flexibility index (Phi) is 7.88. The number of benzene rings is 2. The first-order valence-electron chi connectivity index (χ1n) is 11.0. The van der Waals surface area contributed by atoms with Crippen LogP contribution in [0.5, 0.6) is 0 Å². The maximum Gasteiger partial charge on any atom is 0.407 e. The second kappa shape index (κ2) is 10.6. The van der Waals surface area contributed by atoms with Crippen molar-refractivity contribution in [2.75, 3.05) is 13.2 Å². The van der Waals surface area contributed by atoms with Gasteiger partial charge in [-0.3, -0.25) is 4.84 Å². The summed E-state index contributed by atoms with van der Waals surface area (Å²) >= 11 is 0. The van der Waals surface area contributed by atoms with Crippen molar-refractivity contribution in [3.8, 4) is 11.1 Å². The van der Waals surface area contributed by atoms with E-state index in [2.05, 4.69) is 22.9 Å². The Bertz CT molecular complexity index is 892. The van der Waals surface area contributed by atoms with E-state index in [1.54, 1.807) is 0 Å². The van der Waals surface area contributed by atoms with Gasteiger partial charge in [-0.05, 0) is 62.3 Å². The van der Waals surface area contributed by atoms with Gasteiger partial charge < -0.3 is 15.2 Å². The lowest BCUT2D eigenvalue weighted by Crippen LogP contribution is -2.41. The number of carbonyl (C=O) groups is 2. The van der Waals surface area contributed by atoms with Crippen molar-refractivity contribution in [3.05, 3.63) is 59.7 Å². The Morgan fingerprint density at radius 1 is 1.00 bits per heavy atom. The number of amides is 1. The molecular weight excluding hydrogens is 408 g/mol. The number of hydroxylamine groups is 1. The molecule has 7 nitrogen and oxygen atoms in total. The predicted molar refractivity (Wildman–Crippen MR) is 122 cm³/mol. The number of hydrogen-bond donors (Lipinski definition) is 3. The summed E-state index contributed by atoms with van der Waals surface area (Å²) in [7, 11) is 0. The molecule has 0 spiro atoms. The second-order valence-corrected chi connectivity index (χ2v) is 8.97. The lowest BCUT2D eigenvalue weighted by Gasteiger charge is -2.19. The molecule has 0 aliphatic heterocycles. The molecule has 2 aromatic carbocycles. The molecule has 1 aliphatic rings. The van der Waals surface area contributed by atoms with Crippen molar-refractivity contribution in [3.63, 3.8) is 0 Å². The Hall–Kier alpha value is -2.90. The van der Waals surface area contributed by atoms with Crippen LogP contribution in [0.4, 0.5) is 4.79 Å². The van der Waals surface area contributed by atoms with E-state index in [0.29, 0.717) is 19.4 Å². The van der Waals surface area contributed by atoms with Crippen molar-refractivity contribution in [1.82, 2.24) is 10.8 Å². The van der Waals surface area contributed by atoms with Crippen LogP contribution in [0, 0.1) is 0 Å². The maximum absolute atomic E-state index is 12.4. The molecule has 32 heavy (non-hydrogen) atoms. The van der Waals surface area contributed by atoms with Crippen LogP contribution in [0.25, 0.3) is 11.1 Å². The van der Waals surface area contributed by atoms with Gasteiger partial charge in [-0.25, -0.2) is 15.1 Å². The monoisotopic (exact) mass is 440 g/mol. The van der Waals surface area contributed by atoms with Crippen molar-refractivity contribution in [2.24, 2.45) is 0 Å². The van der Waals surface area contributed by atoms with Crippen molar-refractivity contribution < 1.29 is 24.3 Å². The van der Waals surface area contributed by atoms with Crippen molar-refractivity contribution in [1.29, 1.82) is 0 Å². The summed E-state index contributed by atoms with van der Waals surface area (Å²) in [6, 6.07) is 15.2. The molecule has 7 heteroatoms. The molecule has 0 fully saturated rings. The minimum atomic E-state index is -1.07. The molecule has 0 saturated heterocycles. The van der Waals surface area contributed by atoms with E-state index in [4.69, 9.17) is 9.57 Å². The minimum absolute atomic E-state index is 0.0645. The molecule has 3 N–H and O–H groups in total. The van der Waals surface area contributed by atoms with Crippen LogP contribution >= 0.6 is 0 Å². The van der Waals surface area contributed by atoms with Crippen LogP contribution in [-0.2, 0) is 14.4 Å². The number of carboxylic acids is 1. The smallest absolute Gasteiger partial charge is 0.407 e. The van der Waals surface area contributed by atoms with Gasteiger partial charge in [0.25, 0.3) is 0 Å². The molecule has 0 heterocycles. The first kappa shape index (κ1) is 23.8. The number of hydrogen-bond acceptors (Lipinski definition) is 5. The number of carboxylic acid groups (broad SMARTS) is 1. The van der Waals surface area contributed by atoms with Crippen LogP contribution in [0.3, 0.4) is 0 Å². The van der Waals surface area contributed by atoms with Crippen LogP contribution in [0.15, 0.2) is 48.5 Å². The van der Waals surface area contributed by atoms with E-state index >= 15 is 0 Å². The fraction of sp³-hybridized carbons (Fsp3) is 0.440. The second-order valence-electron chi connectivity index (χ2n) is 8.97. The standard InChI is InChI=1S/C25H32N2O5/c1-25(2,3)32-26-15-9-8-14-22(23(28)29)27-24(30)31-16-21-19-12-6-4-10-17(19)18-11-5-7-13-20(18)21/h4-7,10-13,21-22,26H,8-9,14-16H2,1-3H3,(H,27,30)(H,28,29)/t22-/m0/s1. The minimum Gasteiger partial charge on any atom is -0.480 e. The average molecular weight is 441 g/mol. The zero-order valence-electron chi connectivity index (χ0n) is 18.9. The van der Waals surface area contributed by atoms with E-state index in [0.717, 1.165) is 28.7 Å². The lowest BCUT2D eigenvalue weighted by atomic mass is 9.98. The molecule has 0 radical (unpaired) electrons. The molecule has 1 aliphatic carbocycles. The lowest BCUT2D eigenvalue weighted by molar-refractivity contribution is -0.139. The number of alkyl carbamates (subject to hydrolysis) is 1. The first-order chi connectivity index (χ1) is 15.3. The summed E-state index contributed by atoms with van der Waals surface area (Å²) in [4.78, 5) is 29.3. The topological polar surface area (TPSA) is 96.9 Å². The molecule has 0 saturated carbocycles. The van der Waals surface area contributed by atoms with Gasteiger partial charge in [-0.15, -0.1) is 0 Å². The number of nitrogens with one attached hydrogen (secondary N) is 2. The molecule has 0 bridgehead atoms. The van der Waals surface area contributed by atoms with Gasteiger partial charge in [0.15, 0.2) is 0 Å². The summed E-state index contributed by atoms with van der Waals surface area (Å²) in [5.41, 5.74) is 7.11. The normalized spacial score (nSPS) is 13.8. The summed E-state index contributed by atoms with van der Waals surface area (Å²) in [6.07, 6.45) is 0.956. The molecule has 0 unspecified atom stereocenters. The summed E-state index contributed by atoms with van der Waals surface area (Å²) < 4.78 is 5.46. The number of fused-ring (bicyclic) bond motifs is 3. The number of ether oxygens (including phenoxy) is 1. The van der Waals surface area contributed by atoms with E-state index in [1.807, 2.05) is 57.2 Å². The van der Waals surface area contributed by atoms with E-state index < -0.39 is 18.1 Å². The third-order valence-electron chi connectivity index (χ3n) is 5.33. The van der Waals surface area contributed by atoms with Crippen LogP contribution in [0.2, 0.25) is 0 Å². The number of aliphatic carboxylic acids is 1. The fourth-order valence-electron chi connectivity index (χ4n) is 3.85. The van der Waals surface area contributed by atoms with E-state index in [-0.39, 0.29) is 18.1 Å². The van der Waals surface area contributed by atoms with Gasteiger partial charge in [0.2, 0.25) is 0 Å². The first-order valence-corrected chi connectivity index (χ1v) is 11.0. The molecule has 172 valence electrons. The van der Waals surface area contributed by atoms with Gasteiger partial charge >= 0.3 is 12.1 Å². The zero-order valence-corrected chi connectivity index (χ0v) is 18.9. The fourth-order valence-corrected chi connectivity index (χ4v) is 3.85. The van der Waals surface area contributed by atoms with Crippen LogP contribution in [0.1, 0.15) is 57.1 Å². The number of rotatable bonds is 10. The highest BCUT2D eigenvalue weighted by Gasteiger charge is 2.29. The van der Waals surface area contributed by atoms with Gasteiger partial charge in [0.05, 0.1) is 5.60 Å². The summed E-state index contributed by atoms with van der Waals surface area (Å²) in [5.74, 6) is -1.14. The van der Waals surface area contributed by atoms with Gasteiger partial charge in [-0.1, -0.05) is 48.5 Å². The van der Waals surface area contributed by atoms with Crippen LogP contribution in [-0.4, -0.2) is 42.0 Å².